The summed E-state index contributed by atoms with van der Waals surface area (Å²) in [4.78, 5) is 25.6. The highest BCUT2D eigenvalue weighted by Gasteiger charge is 2.46. The number of unbranched alkanes of at least 4 members (excludes halogenated alkanes) is 14. The molecule has 0 amide bonds. The third-order valence-corrected chi connectivity index (χ3v) is 7.42. The summed E-state index contributed by atoms with van der Waals surface area (Å²) in [5, 5.41) is 0. The highest BCUT2D eigenvalue weighted by atomic mass is 19.2. The Balaban J connectivity index is 2.23. The fourth-order valence-corrected chi connectivity index (χ4v) is 4.64. The molecule has 0 aromatic heterocycles. The maximum Gasteiger partial charge on any atom is 0.323 e. The number of ether oxygens (including phenoxy) is 2. The number of hydrogen-bond acceptors (Lipinski definition) is 4. The van der Waals surface area contributed by atoms with Crippen molar-refractivity contribution in [3.8, 4) is 0 Å². The minimum Gasteiger partial charge on any atom is -0.465 e. The van der Waals surface area contributed by atoms with Crippen LogP contribution in [0.25, 0.3) is 0 Å². The van der Waals surface area contributed by atoms with Crippen molar-refractivity contribution >= 4 is 11.9 Å². The fraction of sp³-hybridized carbons (Fsp3) is 0.742. The Hall–Kier alpha value is -2.05. The molecular weight excluding hydrogens is 493 g/mol. The number of hydrogen-bond donors (Lipinski definition) is 0. The predicted molar refractivity (Wildman–Crippen MR) is 145 cm³/mol. The van der Waals surface area contributed by atoms with E-state index in [0.717, 1.165) is 19.3 Å². The van der Waals surface area contributed by atoms with E-state index < -0.39 is 41.4 Å². The molecule has 0 unspecified atom stereocenters. The Morgan fingerprint density at radius 2 is 1.03 bits per heavy atom. The van der Waals surface area contributed by atoms with Crippen LogP contribution in [-0.4, -0.2) is 18.5 Å². The van der Waals surface area contributed by atoms with E-state index in [1.807, 2.05) is 0 Å². The Morgan fingerprint density at radius 3 is 1.50 bits per heavy atom. The van der Waals surface area contributed by atoms with Gasteiger partial charge in [0.1, 0.15) is 12.4 Å². The molecule has 0 aliphatic heterocycles. The molecule has 1 aromatic rings. The van der Waals surface area contributed by atoms with Crippen molar-refractivity contribution in [2.75, 3.05) is 6.61 Å². The van der Waals surface area contributed by atoms with E-state index in [9.17, 15) is 22.8 Å². The van der Waals surface area contributed by atoms with Gasteiger partial charge in [0, 0.05) is 11.6 Å². The quantitative estimate of drug-likeness (QED) is 0.0634. The summed E-state index contributed by atoms with van der Waals surface area (Å²) < 4.78 is 50.9. The standard InChI is InChI=1S/C31H49F3O4/c1-4-7-8-9-10-11-12-13-14-15-16-17-18-19-20-21-37-29(35)31(5-2,6-3)30(36)38-24-25-22-27(33)28(34)23-26(25)32/h22-23H,4-21,24H2,1-3H3. The molecule has 0 fully saturated rings. The van der Waals surface area contributed by atoms with Gasteiger partial charge in [-0.15, -0.1) is 0 Å². The molecule has 0 saturated heterocycles. The van der Waals surface area contributed by atoms with E-state index in [1.54, 1.807) is 13.8 Å². The lowest BCUT2D eigenvalue weighted by Gasteiger charge is -2.27. The van der Waals surface area contributed by atoms with Crippen LogP contribution < -0.4 is 0 Å². The first-order valence-electron chi connectivity index (χ1n) is 14.8. The normalized spacial score (nSPS) is 11.5. The second kappa shape index (κ2) is 19.9. The van der Waals surface area contributed by atoms with E-state index in [0.29, 0.717) is 12.1 Å². The third kappa shape index (κ3) is 12.2. The van der Waals surface area contributed by atoms with Gasteiger partial charge >= 0.3 is 11.9 Å². The SMILES string of the molecule is CCCCCCCCCCCCCCCCCOC(=O)C(CC)(CC)C(=O)OCc1cc(F)c(F)cc1F. The van der Waals surface area contributed by atoms with Crippen molar-refractivity contribution in [2.45, 2.75) is 137 Å². The molecule has 0 aliphatic carbocycles. The molecule has 0 atom stereocenters. The van der Waals surface area contributed by atoms with Gasteiger partial charge in [-0.2, -0.15) is 0 Å². The summed E-state index contributed by atoms with van der Waals surface area (Å²) in [7, 11) is 0. The van der Waals surface area contributed by atoms with E-state index >= 15 is 0 Å². The topological polar surface area (TPSA) is 52.6 Å². The van der Waals surface area contributed by atoms with Gasteiger partial charge in [0.2, 0.25) is 0 Å². The van der Waals surface area contributed by atoms with Crippen LogP contribution >= 0.6 is 0 Å². The van der Waals surface area contributed by atoms with Gasteiger partial charge in [-0.05, 0) is 25.3 Å². The summed E-state index contributed by atoms with van der Waals surface area (Å²) in [6.07, 6.45) is 18.9. The molecule has 0 aliphatic rings. The molecule has 0 radical (unpaired) electrons. The lowest BCUT2D eigenvalue weighted by molar-refractivity contribution is -0.174. The minimum absolute atomic E-state index is 0.153. The largest absolute Gasteiger partial charge is 0.465 e. The molecule has 218 valence electrons. The number of carbonyl (C=O) groups excluding carboxylic acids is 2. The maximum atomic E-state index is 13.9. The molecule has 7 heteroatoms. The van der Waals surface area contributed by atoms with Crippen LogP contribution in [0.1, 0.15) is 135 Å². The fourth-order valence-electron chi connectivity index (χ4n) is 4.64. The van der Waals surface area contributed by atoms with Crippen LogP contribution in [0.2, 0.25) is 0 Å². The number of esters is 2. The summed E-state index contributed by atoms with van der Waals surface area (Å²) in [5.74, 6) is -5.10. The molecular formula is C31H49F3O4. The number of halogens is 3. The van der Waals surface area contributed by atoms with Crippen LogP contribution in [0, 0.1) is 22.9 Å². The van der Waals surface area contributed by atoms with Crippen LogP contribution in [0.4, 0.5) is 13.2 Å². The van der Waals surface area contributed by atoms with Crippen LogP contribution in [0.3, 0.4) is 0 Å². The molecule has 0 saturated carbocycles. The van der Waals surface area contributed by atoms with Crippen molar-refractivity contribution in [2.24, 2.45) is 5.41 Å². The monoisotopic (exact) mass is 542 g/mol. The smallest absolute Gasteiger partial charge is 0.323 e. The Labute approximate surface area is 228 Å². The molecule has 0 spiro atoms. The first kappa shape index (κ1) is 34.0. The van der Waals surface area contributed by atoms with Gasteiger partial charge in [0.25, 0.3) is 0 Å². The van der Waals surface area contributed by atoms with Gasteiger partial charge in [-0.25, -0.2) is 13.2 Å². The lowest BCUT2D eigenvalue weighted by Crippen LogP contribution is -2.41. The van der Waals surface area contributed by atoms with Gasteiger partial charge < -0.3 is 9.47 Å². The molecule has 0 N–H and O–H groups in total. The summed E-state index contributed by atoms with van der Waals surface area (Å²) in [6, 6.07) is 1.04. The summed E-state index contributed by atoms with van der Waals surface area (Å²) >= 11 is 0. The average molecular weight is 543 g/mol. The van der Waals surface area contributed by atoms with Crippen molar-refractivity contribution < 1.29 is 32.2 Å². The summed E-state index contributed by atoms with van der Waals surface area (Å²) in [6.45, 7) is 5.23. The average Bonchev–Trinajstić information content (AvgIpc) is 2.90. The highest BCUT2D eigenvalue weighted by molar-refractivity contribution is 6.00. The van der Waals surface area contributed by atoms with Crippen LogP contribution in [0.5, 0.6) is 0 Å². The van der Waals surface area contributed by atoms with E-state index in [-0.39, 0.29) is 25.0 Å². The van der Waals surface area contributed by atoms with Crippen molar-refractivity contribution in [3.63, 3.8) is 0 Å². The Bertz CT molecular complexity index is 809. The molecule has 4 nitrogen and oxygen atoms in total. The Morgan fingerprint density at radius 1 is 0.605 bits per heavy atom. The Kier molecular flexibility index (Phi) is 17.8. The number of rotatable bonds is 22. The van der Waals surface area contributed by atoms with Crippen molar-refractivity contribution in [3.05, 3.63) is 35.1 Å². The molecule has 38 heavy (non-hydrogen) atoms. The predicted octanol–water partition coefficient (Wildman–Crippen LogP) is 9.37. The van der Waals surface area contributed by atoms with Gasteiger partial charge in [-0.3, -0.25) is 9.59 Å². The zero-order valence-electron chi connectivity index (χ0n) is 23.9. The highest BCUT2D eigenvalue weighted by Crippen LogP contribution is 2.31. The molecule has 0 bridgehead atoms. The van der Waals surface area contributed by atoms with Crippen LogP contribution in [0.15, 0.2) is 12.1 Å². The molecule has 1 aromatic carbocycles. The van der Waals surface area contributed by atoms with Gasteiger partial charge in [0.15, 0.2) is 17.0 Å². The second-order valence-corrected chi connectivity index (χ2v) is 10.3. The third-order valence-electron chi connectivity index (χ3n) is 7.42. The first-order chi connectivity index (χ1) is 18.3. The molecule has 0 heterocycles. The van der Waals surface area contributed by atoms with Crippen LogP contribution in [-0.2, 0) is 25.7 Å². The van der Waals surface area contributed by atoms with Crippen molar-refractivity contribution in [1.82, 2.24) is 0 Å². The second-order valence-electron chi connectivity index (χ2n) is 10.3. The lowest BCUT2D eigenvalue weighted by atomic mass is 9.82. The minimum atomic E-state index is -1.51. The zero-order chi connectivity index (χ0) is 28.2. The number of carbonyl (C=O) groups is 2. The van der Waals surface area contributed by atoms with E-state index in [4.69, 9.17) is 9.47 Å². The van der Waals surface area contributed by atoms with E-state index in [2.05, 4.69) is 6.92 Å². The van der Waals surface area contributed by atoms with Gasteiger partial charge in [-0.1, -0.05) is 111 Å². The zero-order valence-corrected chi connectivity index (χ0v) is 23.9. The van der Waals surface area contributed by atoms with Crippen molar-refractivity contribution in [1.29, 1.82) is 0 Å². The molecule has 1 rings (SSSR count). The number of benzene rings is 1. The van der Waals surface area contributed by atoms with Gasteiger partial charge in [0.05, 0.1) is 6.61 Å². The summed E-state index contributed by atoms with van der Waals surface area (Å²) in [5.41, 5.74) is -1.81. The van der Waals surface area contributed by atoms with E-state index in [1.165, 1.54) is 77.0 Å². The first-order valence-corrected chi connectivity index (χ1v) is 14.8. The maximum absolute atomic E-state index is 13.9.